The van der Waals surface area contributed by atoms with Gasteiger partial charge in [0.05, 0.1) is 5.60 Å². The summed E-state index contributed by atoms with van der Waals surface area (Å²) in [6.07, 6.45) is 7.35. The summed E-state index contributed by atoms with van der Waals surface area (Å²) >= 11 is 0. The first-order chi connectivity index (χ1) is 6.00. The summed E-state index contributed by atoms with van der Waals surface area (Å²) in [7, 11) is 0. The summed E-state index contributed by atoms with van der Waals surface area (Å²) in [5, 5.41) is 9.95. The molecule has 0 rings (SSSR count). The SMILES string of the molecule is CCCCCCCC(C)(O)C(C)C. The minimum Gasteiger partial charge on any atom is -0.390 e. The molecular weight excluding hydrogens is 160 g/mol. The Morgan fingerprint density at radius 1 is 1.08 bits per heavy atom. The first-order valence-corrected chi connectivity index (χ1v) is 5.73. The zero-order valence-corrected chi connectivity index (χ0v) is 9.77. The minimum absolute atomic E-state index is 0.374. The van der Waals surface area contributed by atoms with E-state index in [4.69, 9.17) is 0 Å². The van der Waals surface area contributed by atoms with Gasteiger partial charge >= 0.3 is 0 Å². The summed E-state index contributed by atoms with van der Waals surface area (Å²) in [4.78, 5) is 0. The van der Waals surface area contributed by atoms with E-state index in [1.807, 2.05) is 6.92 Å². The van der Waals surface area contributed by atoms with Gasteiger partial charge in [0.25, 0.3) is 0 Å². The molecule has 1 atom stereocenters. The molecule has 1 nitrogen and oxygen atoms in total. The van der Waals surface area contributed by atoms with E-state index in [2.05, 4.69) is 20.8 Å². The fourth-order valence-electron chi connectivity index (χ4n) is 1.38. The van der Waals surface area contributed by atoms with Gasteiger partial charge in [-0.1, -0.05) is 52.9 Å². The van der Waals surface area contributed by atoms with Crippen LogP contribution in [0.4, 0.5) is 0 Å². The van der Waals surface area contributed by atoms with Crippen molar-refractivity contribution >= 4 is 0 Å². The lowest BCUT2D eigenvalue weighted by molar-refractivity contribution is 0.00308. The Labute approximate surface area is 83.5 Å². The summed E-state index contributed by atoms with van der Waals surface area (Å²) in [5.41, 5.74) is -0.452. The molecule has 0 fully saturated rings. The van der Waals surface area contributed by atoms with Crippen LogP contribution in [0.15, 0.2) is 0 Å². The van der Waals surface area contributed by atoms with Crippen LogP contribution < -0.4 is 0 Å². The molecule has 0 saturated heterocycles. The first kappa shape index (κ1) is 13.0. The second-order valence-electron chi connectivity index (χ2n) is 4.68. The molecule has 80 valence electrons. The molecule has 1 unspecified atom stereocenters. The minimum atomic E-state index is -0.452. The van der Waals surface area contributed by atoms with Crippen molar-refractivity contribution in [3.05, 3.63) is 0 Å². The van der Waals surface area contributed by atoms with E-state index in [9.17, 15) is 5.11 Å². The Bertz CT molecular complexity index is 116. The largest absolute Gasteiger partial charge is 0.390 e. The Balaban J connectivity index is 3.41. The second kappa shape index (κ2) is 6.42. The molecule has 1 heteroatoms. The van der Waals surface area contributed by atoms with E-state index in [-0.39, 0.29) is 0 Å². The van der Waals surface area contributed by atoms with Gasteiger partial charge in [0.1, 0.15) is 0 Å². The maximum absolute atomic E-state index is 9.95. The highest BCUT2D eigenvalue weighted by atomic mass is 16.3. The van der Waals surface area contributed by atoms with Gasteiger partial charge in [-0.15, -0.1) is 0 Å². The quantitative estimate of drug-likeness (QED) is 0.600. The van der Waals surface area contributed by atoms with E-state index in [0.29, 0.717) is 5.92 Å². The molecule has 13 heavy (non-hydrogen) atoms. The maximum atomic E-state index is 9.95. The van der Waals surface area contributed by atoms with Crippen LogP contribution in [-0.2, 0) is 0 Å². The van der Waals surface area contributed by atoms with Crippen LogP contribution in [0.2, 0.25) is 0 Å². The van der Waals surface area contributed by atoms with Crippen molar-refractivity contribution in [3.63, 3.8) is 0 Å². The highest BCUT2D eigenvalue weighted by Crippen LogP contribution is 2.23. The molecule has 0 aliphatic carbocycles. The molecule has 0 aromatic rings. The average molecular weight is 186 g/mol. The van der Waals surface area contributed by atoms with Crippen LogP contribution in [0.5, 0.6) is 0 Å². The topological polar surface area (TPSA) is 20.2 Å². The van der Waals surface area contributed by atoms with Gasteiger partial charge in [-0.25, -0.2) is 0 Å². The zero-order valence-electron chi connectivity index (χ0n) is 9.77. The number of aliphatic hydroxyl groups is 1. The summed E-state index contributed by atoms with van der Waals surface area (Å²) in [5.74, 6) is 0.374. The van der Waals surface area contributed by atoms with Gasteiger partial charge in [0.2, 0.25) is 0 Å². The van der Waals surface area contributed by atoms with E-state index in [0.717, 1.165) is 6.42 Å². The predicted octanol–water partition coefficient (Wildman–Crippen LogP) is 3.75. The molecule has 0 saturated carbocycles. The number of hydrogen-bond acceptors (Lipinski definition) is 1. The monoisotopic (exact) mass is 186 g/mol. The van der Waals surface area contributed by atoms with Crippen LogP contribution in [0, 0.1) is 5.92 Å². The van der Waals surface area contributed by atoms with Crippen LogP contribution >= 0.6 is 0 Å². The van der Waals surface area contributed by atoms with Crippen molar-refractivity contribution in [2.24, 2.45) is 5.92 Å². The van der Waals surface area contributed by atoms with E-state index in [1.165, 1.54) is 32.1 Å². The molecule has 0 amide bonds. The fraction of sp³-hybridized carbons (Fsp3) is 1.00. The third-order valence-electron chi connectivity index (χ3n) is 3.03. The van der Waals surface area contributed by atoms with Gasteiger partial charge in [-0.3, -0.25) is 0 Å². The Morgan fingerprint density at radius 3 is 2.08 bits per heavy atom. The lowest BCUT2D eigenvalue weighted by Crippen LogP contribution is -2.30. The van der Waals surface area contributed by atoms with Crippen LogP contribution in [0.25, 0.3) is 0 Å². The van der Waals surface area contributed by atoms with Crippen LogP contribution in [0.1, 0.15) is 66.2 Å². The molecule has 0 bridgehead atoms. The zero-order chi connectivity index (χ0) is 10.3. The van der Waals surface area contributed by atoms with Crippen molar-refractivity contribution in [3.8, 4) is 0 Å². The molecule has 0 aliphatic rings. The van der Waals surface area contributed by atoms with Gasteiger partial charge in [0, 0.05) is 0 Å². The van der Waals surface area contributed by atoms with E-state index < -0.39 is 5.60 Å². The number of unbranched alkanes of at least 4 members (excludes halogenated alkanes) is 4. The Morgan fingerprint density at radius 2 is 1.62 bits per heavy atom. The molecule has 0 radical (unpaired) electrons. The van der Waals surface area contributed by atoms with Crippen LogP contribution in [0.3, 0.4) is 0 Å². The van der Waals surface area contributed by atoms with Crippen molar-refractivity contribution in [2.45, 2.75) is 71.8 Å². The predicted molar refractivity (Wildman–Crippen MR) is 58.8 cm³/mol. The van der Waals surface area contributed by atoms with Crippen molar-refractivity contribution in [1.29, 1.82) is 0 Å². The molecular formula is C12H26O. The van der Waals surface area contributed by atoms with Gasteiger partial charge in [-0.2, -0.15) is 0 Å². The van der Waals surface area contributed by atoms with Crippen LogP contribution in [-0.4, -0.2) is 10.7 Å². The highest BCUT2D eigenvalue weighted by molar-refractivity contribution is 4.75. The Hall–Kier alpha value is -0.0400. The maximum Gasteiger partial charge on any atom is 0.0642 e. The summed E-state index contributed by atoms with van der Waals surface area (Å²) < 4.78 is 0. The number of hydrogen-bond donors (Lipinski definition) is 1. The summed E-state index contributed by atoms with van der Waals surface area (Å²) in [6, 6.07) is 0. The molecule has 1 N–H and O–H groups in total. The molecule has 0 aromatic carbocycles. The van der Waals surface area contributed by atoms with E-state index in [1.54, 1.807) is 0 Å². The smallest absolute Gasteiger partial charge is 0.0642 e. The van der Waals surface area contributed by atoms with Crippen molar-refractivity contribution < 1.29 is 5.11 Å². The first-order valence-electron chi connectivity index (χ1n) is 5.73. The standard InChI is InChI=1S/C12H26O/c1-5-6-7-8-9-10-12(4,13)11(2)3/h11,13H,5-10H2,1-4H3. The van der Waals surface area contributed by atoms with Gasteiger partial charge < -0.3 is 5.11 Å². The fourth-order valence-corrected chi connectivity index (χ4v) is 1.38. The molecule has 0 spiro atoms. The third-order valence-corrected chi connectivity index (χ3v) is 3.03. The molecule has 0 aliphatic heterocycles. The van der Waals surface area contributed by atoms with Gasteiger partial charge in [0.15, 0.2) is 0 Å². The van der Waals surface area contributed by atoms with E-state index >= 15 is 0 Å². The normalized spacial score (nSPS) is 16.2. The highest BCUT2D eigenvalue weighted by Gasteiger charge is 2.23. The lowest BCUT2D eigenvalue weighted by Gasteiger charge is -2.27. The average Bonchev–Trinajstić information content (AvgIpc) is 2.03. The number of rotatable bonds is 7. The molecule has 0 heterocycles. The van der Waals surface area contributed by atoms with Gasteiger partial charge in [-0.05, 0) is 19.3 Å². The Kier molecular flexibility index (Phi) is 6.40. The summed E-state index contributed by atoms with van der Waals surface area (Å²) in [6.45, 7) is 8.36. The second-order valence-corrected chi connectivity index (χ2v) is 4.68. The molecule has 0 aromatic heterocycles. The van der Waals surface area contributed by atoms with Crippen molar-refractivity contribution in [2.75, 3.05) is 0 Å². The third kappa shape index (κ3) is 6.09. The lowest BCUT2D eigenvalue weighted by atomic mass is 9.87. The van der Waals surface area contributed by atoms with Crippen molar-refractivity contribution in [1.82, 2.24) is 0 Å².